The Kier molecular flexibility index (Phi) is 6.78. The highest BCUT2D eigenvalue weighted by atomic mass is 19.1. The minimum atomic E-state index is -0.285. The molecule has 0 atom stereocenters. The van der Waals surface area contributed by atoms with Gasteiger partial charge in [0.25, 0.3) is 0 Å². The SMILES string of the molecule is CCc1nc(C)nc(N2CCN(C(=O)Cc3ccc(F)cc3)CC2)c1Cc1ccccc1. The van der Waals surface area contributed by atoms with E-state index in [9.17, 15) is 9.18 Å². The van der Waals surface area contributed by atoms with Gasteiger partial charge in [-0.3, -0.25) is 4.79 Å². The van der Waals surface area contributed by atoms with Crippen molar-refractivity contribution < 1.29 is 9.18 Å². The molecule has 0 bridgehead atoms. The van der Waals surface area contributed by atoms with Gasteiger partial charge in [-0.05, 0) is 36.6 Å². The lowest BCUT2D eigenvalue weighted by molar-refractivity contribution is -0.130. The van der Waals surface area contributed by atoms with Crippen molar-refractivity contribution in [3.05, 3.63) is 88.6 Å². The molecule has 1 amide bonds. The Hall–Kier alpha value is -3.28. The summed E-state index contributed by atoms with van der Waals surface area (Å²) in [5.74, 6) is 1.56. The number of halogens is 1. The second-order valence-electron chi connectivity index (χ2n) is 8.21. The number of carbonyl (C=O) groups is 1. The van der Waals surface area contributed by atoms with Gasteiger partial charge in [-0.1, -0.05) is 49.4 Å². The highest BCUT2D eigenvalue weighted by Crippen LogP contribution is 2.26. The summed E-state index contributed by atoms with van der Waals surface area (Å²) in [7, 11) is 0. The number of hydrogen-bond donors (Lipinski definition) is 0. The van der Waals surface area contributed by atoms with Gasteiger partial charge >= 0.3 is 0 Å². The maximum absolute atomic E-state index is 13.1. The maximum Gasteiger partial charge on any atom is 0.227 e. The third-order valence-electron chi connectivity index (χ3n) is 5.94. The summed E-state index contributed by atoms with van der Waals surface area (Å²) in [5.41, 5.74) is 4.34. The summed E-state index contributed by atoms with van der Waals surface area (Å²) < 4.78 is 13.1. The minimum Gasteiger partial charge on any atom is -0.353 e. The van der Waals surface area contributed by atoms with E-state index in [1.54, 1.807) is 12.1 Å². The number of carbonyl (C=O) groups excluding carboxylic acids is 1. The first kappa shape index (κ1) is 21.9. The molecule has 4 rings (SSSR count). The van der Waals surface area contributed by atoms with Crippen molar-refractivity contribution in [2.45, 2.75) is 33.1 Å². The minimum absolute atomic E-state index is 0.0777. The fourth-order valence-electron chi connectivity index (χ4n) is 4.23. The lowest BCUT2D eigenvalue weighted by atomic mass is 10.0. The van der Waals surface area contributed by atoms with E-state index in [2.05, 4.69) is 36.1 Å². The van der Waals surface area contributed by atoms with Gasteiger partial charge in [0, 0.05) is 43.9 Å². The van der Waals surface area contributed by atoms with Crippen molar-refractivity contribution in [2.24, 2.45) is 0 Å². The van der Waals surface area contributed by atoms with Gasteiger partial charge in [-0.15, -0.1) is 0 Å². The Bertz CT molecular complexity index is 1060. The normalized spacial score (nSPS) is 14.0. The summed E-state index contributed by atoms with van der Waals surface area (Å²) in [6.45, 7) is 6.83. The second kappa shape index (κ2) is 9.90. The molecule has 3 aromatic rings. The number of amides is 1. The van der Waals surface area contributed by atoms with Crippen LogP contribution >= 0.6 is 0 Å². The highest BCUT2D eigenvalue weighted by Gasteiger charge is 2.25. The first-order chi connectivity index (χ1) is 15.5. The maximum atomic E-state index is 13.1. The number of aromatic nitrogens is 2. The van der Waals surface area contributed by atoms with E-state index < -0.39 is 0 Å². The summed E-state index contributed by atoms with van der Waals surface area (Å²) in [6.07, 6.45) is 1.95. The molecule has 0 saturated carbocycles. The Morgan fingerprint density at radius 3 is 2.28 bits per heavy atom. The second-order valence-corrected chi connectivity index (χ2v) is 8.21. The average Bonchev–Trinajstić information content (AvgIpc) is 2.82. The molecule has 6 heteroatoms. The van der Waals surface area contributed by atoms with E-state index in [4.69, 9.17) is 9.97 Å². The van der Waals surface area contributed by atoms with Crippen molar-refractivity contribution in [1.29, 1.82) is 0 Å². The predicted molar refractivity (Wildman–Crippen MR) is 124 cm³/mol. The molecule has 2 aromatic carbocycles. The molecule has 2 heterocycles. The van der Waals surface area contributed by atoms with Gasteiger partial charge in [-0.25, -0.2) is 14.4 Å². The van der Waals surface area contributed by atoms with Crippen molar-refractivity contribution in [3.8, 4) is 0 Å². The number of aryl methyl sites for hydroxylation is 2. The quantitative estimate of drug-likeness (QED) is 0.592. The summed E-state index contributed by atoms with van der Waals surface area (Å²) in [4.78, 5) is 26.5. The van der Waals surface area contributed by atoms with Crippen LogP contribution < -0.4 is 4.90 Å². The first-order valence-electron chi connectivity index (χ1n) is 11.2. The molecule has 1 aliphatic rings. The molecule has 1 aliphatic heterocycles. The van der Waals surface area contributed by atoms with E-state index in [1.165, 1.54) is 23.3 Å². The van der Waals surface area contributed by atoms with E-state index in [0.717, 1.165) is 48.8 Å². The van der Waals surface area contributed by atoms with Gasteiger partial charge in [0.2, 0.25) is 5.91 Å². The van der Waals surface area contributed by atoms with Gasteiger partial charge < -0.3 is 9.80 Å². The lowest BCUT2D eigenvalue weighted by Gasteiger charge is -2.36. The zero-order valence-corrected chi connectivity index (χ0v) is 18.7. The molecule has 5 nitrogen and oxygen atoms in total. The number of nitrogens with zero attached hydrogens (tertiary/aromatic N) is 4. The fraction of sp³-hybridized carbons (Fsp3) is 0.346. The summed E-state index contributed by atoms with van der Waals surface area (Å²) >= 11 is 0. The standard InChI is InChI=1S/C26H29FN4O/c1-3-24-23(17-20-7-5-4-6-8-20)26(29-19(2)28-24)31-15-13-30(14-16-31)25(32)18-21-9-11-22(27)12-10-21/h4-12H,3,13-18H2,1-2H3. The van der Waals surface area contributed by atoms with Crippen LogP contribution in [0.5, 0.6) is 0 Å². The largest absolute Gasteiger partial charge is 0.353 e. The van der Waals surface area contributed by atoms with Crippen molar-refractivity contribution in [2.75, 3.05) is 31.1 Å². The van der Waals surface area contributed by atoms with Crippen LogP contribution in [0.1, 0.15) is 35.1 Å². The summed E-state index contributed by atoms with van der Waals surface area (Å²) in [5, 5.41) is 0. The van der Waals surface area contributed by atoms with Crippen LogP contribution in [-0.4, -0.2) is 47.0 Å². The van der Waals surface area contributed by atoms with Crippen LogP contribution in [0.4, 0.5) is 10.2 Å². The third-order valence-corrected chi connectivity index (χ3v) is 5.94. The number of anilines is 1. The molecular weight excluding hydrogens is 403 g/mol. The Morgan fingerprint density at radius 2 is 1.62 bits per heavy atom. The molecular formula is C26H29FN4O. The summed E-state index contributed by atoms with van der Waals surface area (Å²) in [6, 6.07) is 16.6. The van der Waals surface area contributed by atoms with Gasteiger partial charge in [-0.2, -0.15) is 0 Å². The van der Waals surface area contributed by atoms with Crippen molar-refractivity contribution in [1.82, 2.24) is 14.9 Å². The number of rotatable bonds is 6. The average molecular weight is 433 g/mol. The van der Waals surface area contributed by atoms with Gasteiger partial charge in [0.05, 0.1) is 6.42 Å². The van der Waals surface area contributed by atoms with Crippen LogP contribution in [-0.2, 0) is 24.1 Å². The Morgan fingerprint density at radius 1 is 0.938 bits per heavy atom. The molecule has 0 unspecified atom stereocenters. The monoisotopic (exact) mass is 432 g/mol. The molecule has 1 fully saturated rings. The zero-order chi connectivity index (χ0) is 22.5. The fourth-order valence-corrected chi connectivity index (χ4v) is 4.23. The Labute approximate surface area is 188 Å². The molecule has 0 aliphatic carbocycles. The zero-order valence-electron chi connectivity index (χ0n) is 18.7. The molecule has 32 heavy (non-hydrogen) atoms. The molecule has 0 spiro atoms. The topological polar surface area (TPSA) is 49.3 Å². The van der Waals surface area contributed by atoms with Crippen LogP contribution in [0, 0.1) is 12.7 Å². The highest BCUT2D eigenvalue weighted by molar-refractivity contribution is 5.79. The molecule has 0 N–H and O–H groups in total. The van der Waals surface area contributed by atoms with E-state index in [1.807, 2.05) is 17.9 Å². The smallest absolute Gasteiger partial charge is 0.227 e. The number of hydrogen-bond acceptors (Lipinski definition) is 4. The van der Waals surface area contributed by atoms with Gasteiger partial charge in [0.15, 0.2) is 0 Å². The van der Waals surface area contributed by atoms with E-state index >= 15 is 0 Å². The van der Waals surface area contributed by atoms with Crippen molar-refractivity contribution in [3.63, 3.8) is 0 Å². The van der Waals surface area contributed by atoms with Crippen molar-refractivity contribution >= 4 is 11.7 Å². The van der Waals surface area contributed by atoms with Crippen LogP contribution in [0.15, 0.2) is 54.6 Å². The number of benzene rings is 2. The van der Waals surface area contributed by atoms with E-state index in [0.29, 0.717) is 19.5 Å². The molecule has 1 saturated heterocycles. The predicted octanol–water partition coefficient (Wildman–Crippen LogP) is 3.97. The first-order valence-corrected chi connectivity index (χ1v) is 11.2. The molecule has 0 radical (unpaired) electrons. The third kappa shape index (κ3) is 5.13. The van der Waals surface area contributed by atoms with Crippen LogP contribution in [0.25, 0.3) is 0 Å². The molecule has 1 aromatic heterocycles. The Balaban J connectivity index is 1.48. The van der Waals surface area contributed by atoms with Gasteiger partial charge in [0.1, 0.15) is 17.5 Å². The number of piperazine rings is 1. The van der Waals surface area contributed by atoms with Crippen LogP contribution in [0.2, 0.25) is 0 Å². The lowest BCUT2D eigenvalue weighted by Crippen LogP contribution is -2.49. The molecule has 166 valence electrons. The van der Waals surface area contributed by atoms with Crippen LogP contribution in [0.3, 0.4) is 0 Å². The van der Waals surface area contributed by atoms with E-state index in [-0.39, 0.29) is 11.7 Å².